The van der Waals surface area contributed by atoms with Crippen LogP contribution >= 0.6 is 0 Å². The minimum absolute atomic E-state index is 0.420. The fourth-order valence-electron chi connectivity index (χ4n) is 4.41. The molecule has 1 saturated heterocycles. The Kier molecular flexibility index (Phi) is 4.76. The molecule has 4 rings (SSSR count). The molecule has 0 atom stereocenters. The molecule has 6 heteroatoms. The van der Waals surface area contributed by atoms with Gasteiger partial charge in [0.15, 0.2) is 5.65 Å². The van der Waals surface area contributed by atoms with Crippen molar-refractivity contribution >= 4 is 5.65 Å². The number of hydrogen-bond acceptors (Lipinski definition) is 4. The van der Waals surface area contributed by atoms with Gasteiger partial charge in [0, 0.05) is 35.0 Å². The van der Waals surface area contributed by atoms with Gasteiger partial charge in [0.25, 0.3) is 0 Å². The predicted octanol–water partition coefficient (Wildman–Crippen LogP) is 4.14. The summed E-state index contributed by atoms with van der Waals surface area (Å²) >= 11 is 0. The van der Waals surface area contributed by atoms with E-state index in [2.05, 4.69) is 60.8 Å². The van der Waals surface area contributed by atoms with Crippen molar-refractivity contribution in [2.24, 2.45) is 0 Å². The lowest BCUT2D eigenvalue weighted by Crippen LogP contribution is -2.38. The predicted molar refractivity (Wildman–Crippen MR) is 108 cm³/mol. The van der Waals surface area contributed by atoms with Crippen LogP contribution in [0.15, 0.2) is 18.6 Å². The third-order valence-corrected chi connectivity index (χ3v) is 5.91. The highest BCUT2D eigenvalue weighted by molar-refractivity contribution is 5.68. The van der Waals surface area contributed by atoms with Gasteiger partial charge in [0.1, 0.15) is 6.33 Å². The number of nitrogens with one attached hydrogen (secondary N) is 1. The second-order valence-corrected chi connectivity index (χ2v) is 8.40. The molecule has 1 aliphatic heterocycles. The third kappa shape index (κ3) is 3.27. The number of aromatic nitrogens is 5. The molecule has 4 heterocycles. The summed E-state index contributed by atoms with van der Waals surface area (Å²) in [5, 5.41) is 12.5. The van der Waals surface area contributed by atoms with Crippen molar-refractivity contribution in [1.29, 1.82) is 0 Å². The first kappa shape index (κ1) is 18.2. The summed E-state index contributed by atoms with van der Waals surface area (Å²) in [4.78, 5) is 6.90. The first-order chi connectivity index (χ1) is 13.0. The van der Waals surface area contributed by atoms with Gasteiger partial charge in [-0.3, -0.25) is 5.10 Å². The van der Waals surface area contributed by atoms with Gasteiger partial charge >= 0.3 is 0 Å². The number of hydrogen-bond donors (Lipinski definition) is 1. The van der Waals surface area contributed by atoms with E-state index in [1.807, 2.05) is 10.7 Å². The molecule has 0 spiro atoms. The van der Waals surface area contributed by atoms with E-state index in [-0.39, 0.29) is 0 Å². The number of H-pyrrole nitrogens is 1. The van der Waals surface area contributed by atoms with Crippen LogP contribution in [-0.4, -0.2) is 48.8 Å². The monoisotopic (exact) mass is 366 g/mol. The summed E-state index contributed by atoms with van der Waals surface area (Å²) in [6, 6.07) is 2.81. The molecule has 0 unspecified atom stereocenters. The van der Waals surface area contributed by atoms with Crippen molar-refractivity contribution in [3.05, 3.63) is 35.4 Å². The second kappa shape index (κ2) is 7.08. The molecule has 3 aromatic heterocycles. The molecule has 0 aliphatic carbocycles. The largest absolute Gasteiger partial charge is 0.301 e. The summed E-state index contributed by atoms with van der Waals surface area (Å²) in [6.45, 7) is 13.5. The van der Waals surface area contributed by atoms with E-state index in [0.29, 0.717) is 17.9 Å². The van der Waals surface area contributed by atoms with Gasteiger partial charge in [0.2, 0.25) is 0 Å². The van der Waals surface area contributed by atoms with Crippen LogP contribution < -0.4 is 0 Å². The quantitative estimate of drug-likeness (QED) is 0.754. The van der Waals surface area contributed by atoms with Gasteiger partial charge in [-0.1, -0.05) is 13.8 Å². The molecule has 1 N–H and O–H groups in total. The molecule has 1 aliphatic rings. The fraction of sp³-hybridized carbons (Fsp3) is 0.571. The maximum Gasteiger partial charge on any atom is 0.158 e. The van der Waals surface area contributed by atoms with Crippen LogP contribution in [0.25, 0.3) is 16.9 Å². The van der Waals surface area contributed by atoms with Gasteiger partial charge in [-0.15, -0.1) is 0 Å². The van der Waals surface area contributed by atoms with Crippen molar-refractivity contribution in [3.8, 4) is 11.3 Å². The molecule has 0 saturated carbocycles. The van der Waals surface area contributed by atoms with E-state index >= 15 is 0 Å². The van der Waals surface area contributed by atoms with Crippen LogP contribution in [0.4, 0.5) is 0 Å². The van der Waals surface area contributed by atoms with Gasteiger partial charge in [-0.2, -0.15) is 10.2 Å². The number of aryl methyl sites for hydroxylation is 1. The molecule has 0 amide bonds. The summed E-state index contributed by atoms with van der Waals surface area (Å²) in [6.07, 6.45) is 6.04. The fourth-order valence-corrected chi connectivity index (χ4v) is 4.41. The highest BCUT2D eigenvalue weighted by atomic mass is 15.3. The van der Waals surface area contributed by atoms with Crippen LogP contribution in [0.3, 0.4) is 0 Å². The molecule has 0 aromatic carbocycles. The zero-order chi connectivity index (χ0) is 19.1. The molecule has 1 fully saturated rings. The highest BCUT2D eigenvalue weighted by Crippen LogP contribution is 2.38. The summed E-state index contributed by atoms with van der Waals surface area (Å²) in [7, 11) is 0. The molecule has 6 nitrogen and oxygen atoms in total. The number of likely N-dealkylation sites (tertiary alicyclic amines) is 1. The Bertz CT molecular complexity index is 927. The number of rotatable bonds is 4. The maximum absolute atomic E-state index is 4.77. The Morgan fingerprint density at radius 3 is 2.56 bits per heavy atom. The number of pyridine rings is 1. The van der Waals surface area contributed by atoms with E-state index in [1.165, 1.54) is 24.1 Å². The van der Waals surface area contributed by atoms with Crippen molar-refractivity contribution in [2.75, 3.05) is 13.1 Å². The van der Waals surface area contributed by atoms with E-state index in [9.17, 15) is 0 Å². The van der Waals surface area contributed by atoms with E-state index in [4.69, 9.17) is 5.10 Å². The second-order valence-electron chi connectivity index (χ2n) is 8.40. The highest BCUT2D eigenvalue weighted by Gasteiger charge is 2.28. The summed E-state index contributed by atoms with van der Waals surface area (Å²) in [5.41, 5.74) is 6.89. The van der Waals surface area contributed by atoms with Crippen molar-refractivity contribution in [2.45, 2.75) is 65.3 Å². The smallest absolute Gasteiger partial charge is 0.158 e. The van der Waals surface area contributed by atoms with Gasteiger partial charge in [-0.05, 0) is 64.3 Å². The lowest BCUT2D eigenvalue weighted by Gasteiger charge is -2.34. The molecule has 0 bridgehead atoms. The summed E-state index contributed by atoms with van der Waals surface area (Å²) < 4.78 is 1.85. The average Bonchev–Trinajstić information content (AvgIpc) is 3.28. The van der Waals surface area contributed by atoms with E-state index in [0.717, 1.165) is 35.6 Å². The lowest BCUT2D eigenvalue weighted by atomic mass is 9.86. The first-order valence-electron chi connectivity index (χ1n) is 10.1. The topological polar surface area (TPSA) is 62.1 Å². The first-order valence-corrected chi connectivity index (χ1v) is 10.1. The van der Waals surface area contributed by atoms with Crippen LogP contribution in [0, 0.1) is 6.92 Å². The van der Waals surface area contributed by atoms with Crippen LogP contribution in [0.1, 0.15) is 69.2 Å². The normalized spacial score (nSPS) is 16.9. The Morgan fingerprint density at radius 2 is 1.89 bits per heavy atom. The zero-order valence-corrected chi connectivity index (χ0v) is 17.0. The average molecular weight is 367 g/mol. The number of aromatic amines is 1. The Labute approximate surface area is 161 Å². The number of fused-ring (bicyclic) bond motifs is 1. The third-order valence-electron chi connectivity index (χ3n) is 5.91. The van der Waals surface area contributed by atoms with E-state index < -0.39 is 0 Å². The zero-order valence-electron chi connectivity index (χ0n) is 17.0. The van der Waals surface area contributed by atoms with E-state index in [1.54, 1.807) is 6.33 Å². The lowest BCUT2D eigenvalue weighted by molar-refractivity contribution is 0.170. The van der Waals surface area contributed by atoms with Crippen molar-refractivity contribution < 1.29 is 0 Å². The minimum Gasteiger partial charge on any atom is -0.301 e. The van der Waals surface area contributed by atoms with Crippen LogP contribution in [0.5, 0.6) is 0 Å². The van der Waals surface area contributed by atoms with Gasteiger partial charge in [-0.25, -0.2) is 9.50 Å². The van der Waals surface area contributed by atoms with Crippen molar-refractivity contribution in [3.63, 3.8) is 0 Å². The molecule has 27 heavy (non-hydrogen) atoms. The Hall–Kier alpha value is -2.21. The SMILES string of the molecule is Cc1cc(-c2n[nH]c(C3CCN(C(C)C)CC3)c2C(C)C)cn2ncnc12. The van der Waals surface area contributed by atoms with Crippen LogP contribution in [0.2, 0.25) is 0 Å². The molecular weight excluding hydrogens is 336 g/mol. The molecular formula is C21H30N6. The maximum atomic E-state index is 4.77. The Morgan fingerprint density at radius 1 is 1.15 bits per heavy atom. The number of piperidine rings is 1. The van der Waals surface area contributed by atoms with Crippen molar-refractivity contribution in [1.82, 2.24) is 29.7 Å². The van der Waals surface area contributed by atoms with Gasteiger partial charge in [0.05, 0.1) is 5.69 Å². The molecule has 0 radical (unpaired) electrons. The number of nitrogens with zero attached hydrogens (tertiary/aromatic N) is 5. The van der Waals surface area contributed by atoms with Crippen LogP contribution in [-0.2, 0) is 0 Å². The standard InChI is InChI=1S/C21H30N6/c1-13(2)18-19(16-6-8-26(9-7-16)14(3)4)24-25-20(18)17-10-15(5)21-22-12-23-27(21)11-17/h10-14,16H,6-9H2,1-5H3,(H,24,25). The molecule has 144 valence electrons. The Balaban J connectivity index is 1.70. The van der Waals surface area contributed by atoms with Gasteiger partial charge < -0.3 is 4.90 Å². The summed E-state index contributed by atoms with van der Waals surface area (Å²) in [5.74, 6) is 0.985. The minimum atomic E-state index is 0.420. The molecule has 3 aromatic rings.